The van der Waals surface area contributed by atoms with Crippen LogP contribution in [0.1, 0.15) is 47.2 Å². The molecule has 0 heterocycles. The van der Waals surface area contributed by atoms with Crippen LogP contribution in [-0.4, -0.2) is 5.78 Å². The molecule has 0 aromatic heterocycles. The smallest absolute Gasteiger partial charge is 0.184 e. The largest absolute Gasteiger partial charge is 0.292 e. The first kappa shape index (κ1) is 15.5. The maximum atomic E-state index is 12.5. The molecule has 2 aromatic rings. The highest BCUT2D eigenvalue weighted by molar-refractivity contribution is 9.10. The highest BCUT2D eigenvalue weighted by atomic mass is 79.9. The third kappa shape index (κ3) is 3.59. The lowest BCUT2D eigenvalue weighted by Crippen LogP contribution is -2.11. The minimum atomic E-state index is -0.757. The van der Waals surface area contributed by atoms with Crippen molar-refractivity contribution < 1.29 is 4.79 Å². The van der Waals surface area contributed by atoms with Crippen LogP contribution in [0, 0.1) is 11.3 Å². The number of nitriles is 1. The van der Waals surface area contributed by atoms with E-state index in [1.165, 1.54) is 5.56 Å². The SMILES string of the molecule is CC(C)c1ccc(C(C#N)C(=O)c2ccc(Br)cc2)cc1. The lowest BCUT2D eigenvalue weighted by molar-refractivity contribution is 0.0979. The molecule has 0 fully saturated rings. The van der Waals surface area contributed by atoms with E-state index < -0.39 is 5.92 Å². The molecule has 0 amide bonds. The monoisotopic (exact) mass is 341 g/mol. The molecule has 0 spiro atoms. The Morgan fingerprint density at radius 2 is 1.52 bits per heavy atom. The number of ketones is 1. The third-order valence-corrected chi connectivity index (χ3v) is 3.99. The summed E-state index contributed by atoms with van der Waals surface area (Å²) < 4.78 is 0.911. The van der Waals surface area contributed by atoms with Gasteiger partial charge >= 0.3 is 0 Å². The molecule has 0 saturated carbocycles. The van der Waals surface area contributed by atoms with E-state index in [1.54, 1.807) is 12.1 Å². The van der Waals surface area contributed by atoms with Gasteiger partial charge in [-0.25, -0.2) is 0 Å². The molecule has 2 nitrogen and oxygen atoms in total. The second-order valence-corrected chi connectivity index (χ2v) is 6.17. The summed E-state index contributed by atoms with van der Waals surface area (Å²) in [5.74, 6) is -0.489. The van der Waals surface area contributed by atoms with Crippen LogP contribution in [0.15, 0.2) is 53.0 Å². The van der Waals surface area contributed by atoms with E-state index >= 15 is 0 Å². The van der Waals surface area contributed by atoms with E-state index in [9.17, 15) is 10.1 Å². The van der Waals surface area contributed by atoms with E-state index in [0.717, 1.165) is 10.0 Å². The van der Waals surface area contributed by atoms with Gasteiger partial charge < -0.3 is 0 Å². The van der Waals surface area contributed by atoms with Gasteiger partial charge in [-0.2, -0.15) is 5.26 Å². The van der Waals surface area contributed by atoms with Gasteiger partial charge in [0.05, 0.1) is 6.07 Å². The second-order valence-electron chi connectivity index (χ2n) is 5.25. The number of halogens is 1. The molecule has 0 aliphatic rings. The van der Waals surface area contributed by atoms with Gasteiger partial charge in [0.2, 0.25) is 0 Å². The number of rotatable bonds is 4. The predicted octanol–water partition coefficient (Wildman–Crippen LogP) is 5.06. The zero-order valence-electron chi connectivity index (χ0n) is 12.0. The van der Waals surface area contributed by atoms with E-state index in [-0.39, 0.29) is 5.78 Å². The fourth-order valence-corrected chi connectivity index (χ4v) is 2.40. The van der Waals surface area contributed by atoms with Gasteiger partial charge in [-0.3, -0.25) is 4.79 Å². The molecule has 21 heavy (non-hydrogen) atoms. The normalized spacial score (nSPS) is 12.0. The van der Waals surface area contributed by atoms with E-state index in [1.807, 2.05) is 36.4 Å². The van der Waals surface area contributed by atoms with Crippen LogP contribution >= 0.6 is 15.9 Å². The molecule has 1 unspecified atom stereocenters. The van der Waals surface area contributed by atoms with Gasteiger partial charge in [0.25, 0.3) is 0 Å². The molecule has 2 rings (SSSR count). The molecule has 3 heteroatoms. The summed E-state index contributed by atoms with van der Waals surface area (Å²) in [6, 6.07) is 16.9. The van der Waals surface area contributed by atoms with Crippen molar-refractivity contribution in [2.24, 2.45) is 0 Å². The van der Waals surface area contributed by atoms with Crippen LogP contribution in [0.4, 0.5) is 0 Å². The minimum Gasteiger partial charge on any atom is -0.292 e. The summed E-state index contributed by atoms with van der Waals surface area (Å²) in [6.07, 6.45) is 0. The maximum absolute atomic E-state index is 12.5. The molecule has 0 radical (unpaired) electrons. The lowest BCUT2D eigenvalue weighted by atomic mass is 9.90. The van der Waals surface area contributed by atoms with Gasteiger partial charge in [-0.05, 0) is 29.2 Å². The number of benzene rings is 2. The van der Waals surface area contributed by atoms with Gasteiger partial charge in [0.1, 0.15) is 5.92 Å². The summed E-state index contributed by atoms with van der Waals surface area (Å²) in [5.41, 5.74) is 2.50. The fourth-order valence-electron chi connectivity index (χ4n) is 2.14. The molecular weight excluding hydrogens is 326 g/mol. The lowest BCUT2D eigenvalue weighted by Gasteiger charge is -2.11. The van der Waals surface area contributed by atoms with Gasteiger partial charge in [0, 0.05) is 10.0 Å². The summed E-state index contributed by atoms with van der Waals surface area (Å²) in [4.78, 5) is 12.5. The number of hydrogen-bond donors (Lipinski definition) is 0. The van der Waals surface area contributed by atoms with Crippen molar-refractivity contribution >= 4 is 21.7 Å². The van der Waals surface area contributed by atoms with Crippen LogP contribution in [0.5, 0.6) is 0 Å². The van der Waals surface area contributed by atoms with Crippen molar-refractivity contribution in [1.29, 1.82) is 5.26 Å². The first-order chi connectivity index (χ1) is 10.0. The predicted molar refractivity (Wildman–Crippen MR) is 87.4 cm³/mol. The Bertz CT molecular complexity index is 666. The highest BCUT2D eigenvalue weighted by Gasteiger charge is 2.21. The van der Waals surface area contributed by atoms with Crippen molar-refractivity contribution in [3.05, 3.63) is 69.7 Å². The third-order valence-electron chi connectivity index (χ3n) is 3.46. The fraction of sp³-hybridized carbons (Fsp3) is 0.222. The Morgan fingerprint density at radius 3 is 2.00 bits per heavy atom. The van der Waals surface area contributed by atoms with Gasteiger partial charge in [0.15, 0.2) is 5.78 Å². The average Bonchev–Trinajstić information content (AvgIpc) is 2.49. The summed E-state index contributed by atoms with van der Waals surface area (Å²) in [6.45, 7) is 4.23. The molecule has 0 N–H and O–H groups in total. The Kier molecular flexibility index (Phi) is 4.93. The second kappa shape index (κ2) is 6.69. The van der Waals surface area contributed by atoms with Crippen LogP contribution in [0.3, 0.4) is 0 Å². The van der Waals surface area contributed by atoms with Crippen molar-refractivity contribution in [3.63, 3.8) is 0 Å². The standard InChI is InChI=1S/C18H16BrNO/c1-12(2)13-3-5-14(6-4-13)17(11-20)18(21)15-7-9-16(19)10-8-15/h3-10,12,17H,1-2H3. The number of nitrogens with zero attached hydrogens (tertiary/aromatic N) is 1. The number of carbonyl (C=O) groups excluding carboxylic acids is 1. The summed E-state index contributed by atoms with van der Waals surface area (Å²) in [5, 5.41) is 9.36. The van der Waals surface area contributed by atoms with Crippen molar-refractivity contribution in [1.82, 2.24) is 0 Å². The quantitative estimate of drug-likeness (QED) is 0.729. The van der Waals surface area contributed by atoms with E-state index in [4.69, 9.17) is 0 Å². The first-order valence-electron chi connectivity index (χ1n) is 6.82. The molecule has 106 valence electrons. The Morgan fingerprint density at radius 1 is 1.00 bits per heavy atom. The molecular formula is C18H16BrNO. The van der Waals surface area contributed by atoms with Gasteiger partial charge in [-0.15, -0.1) is 0 Å². The molecule has 0 aliphatic carbocycles. The summed E-state index contributed by atoms with van der Waals surface area (Å²) in [7, 11) is 0. The van der Waals surface area contributed by atoms with Gasteiger partial charge in [-0.1, -0.05) is 66.2 Å². The number of Topliss-reactive ketones (excluding diaryl/α,β-unsaturated/α-hetero) is 1. The van der Waals surface area contributed by atoms with Crippen molar-refractivity contribution in [3.8, 4) is 6.07 Å². The molecule has 0 saturated heterocycles. The Balaban J connectivity index is 2.29. The molecule has 0 bridgehead atoms. The topological polar surface area (TPSA) is 40.9 Å². The molecule has 0 aliphatic heterocycles. The van der Waals surface area contributed by atoms with E-state index in [2.05, 4.69) is 35.8 Å². The highest BCUT2D eigenvalue weighted by Crippen LogP contribution is 2.24. The van der Waals surface area contributed by atoms with Crippen LogP contribution < -0.4 is 0 Å². The Labute approximate surface area is 133 Å². The van der Waals surface area contributed by atoms with Crippen LogP contribution in [-0.2, 0) is 0 Å². The maximum Gasteiger partial charge on any atom is 0.184 e. The molecule has 2 aromatic carbocycles. The Hall–Kier alpha value is -1.92. The number of hydrogen-bond acceptors (Lipinski definition) is 2. The zero-order chi connectivity index (χ0) is 15.4. The van der Waals surface area contributed by atoms with Crippen molar-refractivity contribution in [2.45, 2.75) is 25.7 Å². The van der Waals surface area contributed by atoms with E-state index in [0.29, 0.717) is 11.5 Å². The van der Waals surface area contributed by atoms with Crippen LogP contribution in [0.25, 0.3) is 0 Å². The first-order valence-corrected chi connectivity index (χ1v) is 7.61. The zero-order valence-corrected chi connectivity index (χ0v) is 13.6. The minimum absolute atomic E-state index is 0.165. The van der Waals surface area contributed by atoms with Crippen LogP contribution in [0.2, 0.25) is 0 Å². The van der Waals surface area contributed by atoms with Crippen molar-refractivity contribution in [2.75, 3.05) is 0 Å². The number of carbonyl (C=O) groups is 1. The summed E-state index contributed by atoms with van der Waals surface area (Å²) >= 11 is 3.34. The average molecular weight is 342 g/mol. The molecule has 1 atom stereocenters.